The molecule has 3 nitrogen and oxygen atoms in total. The predicted molar refractivity (Wildman–Crippen MR) is 89.0 cm³/mol. The van der Waals surface area contributed by atoms with Gasteiger partial charge in [0.05, 0.1) is 0 Å². The van der Waals surface area contributed by atoms with Crippen LogP contribution in [0.1, 0.15) is 29.2 Å². The van der Waals surface area contributed by atoms with Crippen molar-refractivity contribution in [2.75, 3.05) is 0 Å². The summed E-state index contributed by atoms with van der Waals surface area (Å²) in [5.74, 6) is 0.655. The van der Waals surface area contributed by atoms with E-state index in [0.29, 0.717) is 6.54 Å². The first kappa shape index (κ1) is 16.1. The highest BCUT2D eigenvalue weighted by Gasteiger charge is 2.15. The monoisotopic (exact) mass is 297 g/mol. The van der Waals surface area contributed by atoms with Crippen LogP contribution in [0.25, 0.3) is 0 Å². The number of aryl methyl sites for hydroxylation is 2. The fourth-order valence-electron chi connectivity index (χ4n) is 2.23. The molecule has 0 heterocycles. The van der Waals surface area contributed by atoms with Gasteiger partial charge in [-0.25, -0.2) is 0 Å². The smallest absolute Gasteiger partial charge is 0.261 e. The van der Waals surface area contributed by atoms with Gasteiger partial charge in [-0.2, -0.15) is 0 Å². The molecule has 0 aliphatic carbocycles. The van der Waals surface area contributed by atoms with Crippen molar-refractivity contribution >= 4 is 5.91 Å². The number of hydrogen-bond donors (Lipinski definition) is 1. The SMILES string of the molecule is Cc1ccccc1CNC(=O)[C@@H](C)Oc1cccc(C)c1C. The van der Waals surface area contributed by atoms with Gasteiger partial charge in [0, 0.05) is 6.54 Å². The first-order valence-electron chi connectivity index (χ1n) is 7.54. The van der Waals surface area contributed by atoms with E-state index < -0.39 is 6.10 Å². The third-order valence-electron chi connectivity index (χ3n) is 3.94. The summed E-state index contributed by atoms with van der Waals surface area (Å²) in [4.78, 5) is 12.2. The van der Waals surface area contributed by atoms with Crippen LogP contribution in [0.3, 0.4) is 0 Å². The minimum absolute atomic E-state index is 0.107. The number of nitrogens with one attached hydrogen (secondary N) is 1. The van der Waals surface area contributed by atoms with Crippen molar-refractivity contribution in [3.63, 3.8) is 0 Å². The van der Waals surface area contributed by atoms with E-state index in [-0.39, 0.29) is 5.91 Å². The van der Waals surface area contributed by atoms with E-state index in [1.165, 1.54) is 5.56 Å². The molecule has 1 atom stereocenters. The topological polar surface area (TPSA) is 38.3 Å². The van der Waals surface area contributed by atoms with Gasteiger partial charge in [0.25, 0.3) is 5.91 Å². The second-order valence-electron chi connectivity index (χ2n) is 5.60. The molecule has 0 bridgehead atoms. The van der Waals surface area contributed by atoms with Crippen LogP contribution < -0.4 is 10.1 Å². The molecule has 0 unspecified atom stereocenters. The first-order valence-corrected chi connectivity index (χ1v) is 7.54. The van der Waals surface area contributed by atoms with E-state index in [2.05, 4.69) is 5.32 Å². The molecular formula is C19H23NO2. The molecule has 0 fully saturated rings. The summed E-state index contributed by atoms with van der Waals surface area (Å²) in [6, 6.07) is 13.9. The number of carbonyl (C=O) groups excluding carboxylic acids is 1. The maximum Gasteiger partial charge on any atom is 0.261 e. The quantitative estimate of drug-likeness (QED) is 0.914. The van der Waals surface area contributed by atoms with Crippen LogP contribution in [0.2, 0.25) is 0 Å². The van der Waals surface area contributed by atoms with Gasteiger partial charge in [-0.15, -0.1) is 0 Å². The molecule has 0 aliphatic rings. The van der Waals surface area contributed by atoms with E-state index >= 15 is 0 Å². The Balaban J connectivity index is 1.95. The maximum absolute atomic E-state index is 12.2. The zero-order valence-electron chi connectivity index (χ0n) is 13.6. The van der Waals surface area contributed by atoms with Crippen LogP contribution in [0, 0.1) is 20.8 Å². The van der Waals surface area contributed by atoms with Crippen LogP contribution >= 0.6 is 0 Å². The summed E-state index contributed by atoms with van der Waals surface area (Å²) in [6.45, 7) is 8.37. The molecule has 2 aromatic carbocycles. The Morgan fingerprint density at radius 3 is 2.45 bits per heavy atom. The maximum atomic E-state index is 12.2. The number of hydrogen-bond acceptors (Lipinski definition) is 2. The fourth-order valence-corrected chi connectivity index (χ4v) is 2.23. The van der Waals surface area contributed by atoms with Crippen molar-refractivity contribution < 1.29 is 9.53 Å². The zero-order chi connectivity index (χ0) is 16.1. The van der Waals surface area contributed by atoms with Gasteiger partial charge in [0.15, 0.2) is 6.10 Å². The van der Waals surface area contributed by atoms with E-state index in [4.69, 9.17) is 4.74 Å². The van der Waals surface area contributed by atoms with Gasteiger partial charge in [-0.3, -0.25) is 4.79 Å². The Kier molecular flexibility index (Phi) is 5.21. The van der Waals surface area contributed by atoms with Gasteiger partial charge >= 0.3 is 0 Å². The molecule has 0 spiro atoms. The van der Waals surface area contributed by atoms with Crippen molar-refractivity contribution in [1.29, 1.82) is 0 Å². The summed E-state index contributed by atoms with van der Waals surface area (Å²) < 4.78 is 5.79. The zero-order valence-corrected chi connectivity index (χ0v) is 13.6. The normalized spacial score (nSPS) is 11.8. The summed E-state index contributed by atoms with van der Waals surface area (Å²) in [6.07, 6.45) is -0.524. The summed E-state index contributed by atoms with van der Waals surface area (Å²) >= 11 is 0. The average molecular weight is 297 g/mol. The predicted octanol–water partition coefficient (Wildman–Crippen LogP) is 3.70. The van der Waals surface area contributed by atoms with Crippen molar-refractivity contribution in [2.24, 2.45) is 0 Å². The van der Waals surface area contributed by atoms with E-state index in [1.54, 1.807) is 6.92 Å². The molecule has 0 saturated heterocycles. The largest absolute Gasteiger partial charge is 0.481 e. The van der Waals surface area contributed by atoms with Gasteiger partial charge in [0.2, 0.25) is 0 Å². The molecule has 1 N–H and O–H groups in total. The van der Waals surface area contributed by atoms with Crippen molar-refractivity contribution in [3.05, 3.63) is 64.7 Å². The van der Waals surface area contributed by atoms with Gasteiger partial charge in [-0.05, 0) is 56.0 Å². The van der Waals surface area contributed by atoms with Crippen LogP contribution in [0.15, 0.2) is 42.5 Å². The summed E-state index contributed by atoms with van der Waals surface area (Å²) in [7, 11) is 0. The minimum Gasteiger partial charge on any atom is -0.481 e. The summed E-state index contributed by atoms with van der Waals surface area (Å²) in [5.41, 5.74) is 4.52. The number of ether oxygens (including phenoxy) is 1. The lowest BCUT2D eigenvalue weighted by Gasteiger charge is -2.17. The lowest BCUT2D eigenvalue weighted by molar-refractivity contribution is -0.127. The van der Waals surface area contributed by atoms with Crippen molar-refractivity contribution in [3.8, 4) is 5.75 Å². The Bertz CT molecular complexity index is 664. The standard InChI is InChI=1S/C19H23NO2/c1-13-9-7-11-18(15(13)3)22-16(4)19(21)20-12-17-10-6-5-8-14(17)2/h5-11,16H,12H2,1-4H3,(H,20,21)/t16-/m1/s1. The third-order valence-corrected chi connectivity index (χ3v) is 3.94. The molecular weight excluding hydrogens is 274 g/mol. The molecule has 0 aliphatic heterocycles. The minimum atomic E-state index is -0.524. The molecule has 2 rings (SSSR count). The Morgan fingerprint density at radius 1 is 1.05 bits per heavy atom. The summed E-state index contributed by atoms with van der Waals surface area (Å²) in [5, 5.41) is 2.93. The molecule has 0 radical (unpaired) electrons. The van der Waals surface area contributed by atoms with Crippen molar-refractivity contribution in [1.82, 2.24) is 5.32 Å². The Hall–Kier alpha value is -2.29. The lowest BCUT2D eigenvalue weighted by Crippen LogP contribution is -2.36. The molecule has 0 aromatic heterocycles. The molecule has 3 heteroatoms. The van der Waals surface area contributed by atoms with Crippen LogP contribution in [0.5, 0.6) is 5.75 Å². The first-order chi connectivity index (χ1) is 10.5. The molecule has 2 aromatic rings. The molecule has 22 heavy (non-hydrogen) atoms. The lowest BCUT2D eigenvalue weighted by atomic mass is 10.1. The van der Waals surface area contributed by atoms with E-state index in [0.717, 1.165) is 22.4 Å². The second kappa shape index (κ2) is 7.12. The van der Waals surface area contributed by atoms with Crippen LogP contribution in [-0.4, -0.2) is 12.0 Å². The van der Waals surface area contributed by atoms with Crippen LogP contribution in [-0.2, 0) is 11.3 Å². The number of benzene rings is 2. The highest BCUT2D eigenvalue weighted by Crippen LogP contribution is 2.21. The average Bonchev–Trinajstić information content (AvgIpc) is 2.50. The number of amides is 1. The highest BCUT2D eigenvalue weighted by molar-refractivity contribution is 5.80. The number of carbonyl (C=O) groups is 1. The molecule has 116 valence electrons. The van der Waals surface area contributed by atoms with Crippen LogP contribution in [0.4, 0.5) is 0 Å². The van der Waals surface area contributed by atoms with E-state index in [1.807, 2.05) is 63.2 Å². The number of rotatable bonds is 5. The Morgan fingerprint density at radius 2 is 1.73 bits per heavy atom. The van der Waals surface area contributed by atoms with Gasteiger partial charge < -0.3 is 10.1 Å². The second-order valence-corrected chi connectivity index (χ2v) is 5.60. The van der Waals surface area contributed by atoms with Gasteiger partial charge in [0.1, 0.15) is 5.75 Å². The molecule has 1 amide bonds. The molecule has 0 saturated carbocycles. The Labute approximate surface area is 132 Å². The van der Waals surface area contributed by atoms with E-state index in [9.17, 15) is 4.79 Å². The van der Waals surface area contributed by atoms with Gasteiger partial charge in [-0.1, -0.05) is 36.4 Å². The third kappa shape index (κ3) is 3.88. The highest BCUT2D eigenvalue weighted by atomic mass is 16.5. The fraction of sp³-hybridized carbons (Fsp3) is 0.316. The van der Waals surface area contributed by atoms with Crippen molar-refractivity contribution in [2.45, 2.75) is 40.3 Å².